The number of halogens is 1. The average Bonchev–Trinajstić information content (AvgIpc) is 2.65. The van der Waals surface area contributed by atoms with E-state index in [-0.39, 0.29) is 0 Å². The minimum absolute atomic E-state index is 0.586. The first kappa shape index (κ1) is 13.8. The first-order chi connectivity index (χ1) is 8.46. The number of pyridine rings is 1. The van der Waals surface area contributed by atoms with E-state index >= 15 is 0 Å². The van der Waals surface area contributed by atoms with Crippen molar-refractivity contribution in [2.45, 2.75) is 32.4 Å². The van der Waals surface area contributed by atoms with E-state index in [1.54, 1.807) is 0 Å². The summed E-state index contributed by atoms with van der Waals surface area (Å²) in [5, 5.41) is 1.14. The van der Waals surface area contributed by atoms with Gasteiger partial charge in [0.05, 0.1) is 0 Å². The number of hydrogen-bond acceptors (Lipinski definition) is 2. The normalized spacial score (nSPS) is 12.2. The van der Waals surface area contributed by atoms with Gasteiger partial charge in [0.15, 0.2) is 0 Å². The van der Waals surface area contributed by atoms with Crippen LogP contribution in [0.1, 0.15) is 0 Å². The number of hydrogen-bond donors (Lipinski definition) is 0. The summed E-state index contributed by atoms with van der Waals surface area (Å²) in [6.07, 6.45) is 3.85. The fourth-order valence-corrected chi connectivity index (χ4v) is 2.80. The highest BCUT2D eigenvalue weighted by molar-refractivity contribution is 9.10. The SMILES string of the molecule is C[Si](C)(C)CCOCn1ccc2cc(Br)cnc21. The predicted octanol–water partition coefficient (Wildman–Crippen LogP) is 4.11. The van der Waals surface area contributed by atoms with Gasteiger partial charge in [-0.1, -0.05) is 19.6 Å². The maximum atomic E-state index is 5.74. The first-order valence-corrected chi connectivity index (χ1v) is 10.6. The summed E-state index contributed by atoms with van der Waals surface area (Å²) in [5.74, 6) is 0. The predicted molar refractivity (Wildman–Crippen MR) is 81.5 cm³/mol. The Morgan fingerprint density at radius 2 is 2.17 bits per heavy atom. The number of aromatic nitrogens is 2. The Morgan fingerprint density at radius 1 is 1.39 bits per heavy atom. The molecule has 0 saturated heterocycles. The lowest BCUT2D eigenvalue weighted by Crippen LogP contribution is -2.22. The zero-order chi connectivity index (χ0) is 13.2. The van der Waals surface area contributed by atoms with Gasteiger partial charge in [0, 0.05) is 36.9 Å². The second-order valence-electron chi connectivity index (χ2n) is 5.70. The summed E-state index contributed by atoms with van der Waals surface area (Å²) in [6, 6.07) is 5.33. The molecule has 2 heterocycles. The van der Waals surface area contributed by atoms with Crippen molar-refractivity contribution in [3.05, 3.63) is 29.0 Å². The van der Waals surface area contributed by atoms with Crippen molar-refractivity contribution in [3.8, 4) is 0 Å². The van der Waals surface area contributed by atoms with Crippen LogP contribution in [-0.2, 0) is 11.5 Å². The van der Waals surface area contributed by atoms with Crippen molar-refractivity contribution >= 4 is 35.0 Å². The molecule has 0 aliphatic rings. The van der Waals surface area contributed by atoms with E-state index in [1.807, 2.05) is 17.0 Å². The van der Waals surface area contributed by atoms with Gasteiger partial charge in [-0.05, 0) is 34.1 Å². The zero-order valence-corrected chi connectivity index (χ0v) is 13.7. The zero-order valence-electron chi connectivity index (χ0n) is 11.1. The van der Waals surface area contributed by atoms with E-state index in [2.05, 4.69) is 52.7 Å². The molecule has 0 unspecified atom stereocenters. The largest absolute Gasteiger partial charge is 0.361 e. The molecule has 0 aliphatic heterocycles. The quantitative estimate of drug-likeness (QED) is 0.610. The van der Waals surface area contributed by atoms with Crippen LogP contribution in [0.5, 0.6) is 0 Å². The van der Waals surface area contributed by atoms with E-state index in [4.69, 9.17) is 4.74 Å². The Hall–Kier alpha value is -0.653. The van der Waals surface area contributed by atoms with Gasteiger partial charge in [0.1, 0.15) is 12.4 Å². The van der Waals surface area contributed by atoms with Crippen molar-refractivity contribution in [3.63, 3.8) is 0 Å². The molecule has 0 radical (unpaired) electrons. The van der Waals surface area contributed by atoms with Crippen LogP contribution in [0, 0.1) is 0 Å². The lowest BCUT2D eigenvalue weighted by molar-refractivity contribution is 0.0899. The fraction of sp³-hybridized carbons (Fsp3) is 0.462. The minimum Gasteiger partial charge on any atom is -0.361 e. The van der Waals surface area contributed by atoms with Gasteiger partial charge >= 0.3 is 0 Å². The number of ether oxygens (including phenoxy) is 1. The van der Waals surface area contributed by atoms with Gasteiger partial charge in [0.25, 0.3) is 0 Å². The van der Waals surface area contributed by atoms with Crippen LogP contribution in [0.3, 0.4) is 0 Å². The topological polar surface area (TPSA) is 27.1 Å². The molecule has 2 aromatic rings. The molecule has 2 rings (SSSR count). The van der Waals surface area contributed by atoms with E-state index in [9.17, 15) is 0 Å². The standard InChI is InChI=1S/C13H19BrN2OSi/c1-18(2,3)7-6-17-10-16-5-4-11-8-12(14)9-15-13(11)16/h4-5,8-9H,6-7,10H2,1-3H3. The highest BCUT2D eigenvalue weighted by Crippen LogP contribution is 2.18. The summed E-state index contributed by atoms with van der Waals surface area (Å²) in [4.78, 5) is 4.41. The molecule has 5 heteroatoms. The summed E-state index contributed by atoms with van der Waals surface area (Å²) in [7, 11) is -0.996. The highest BCUT2D eigenvalue weighted by Gasteiger charge is 2.12. The molecule has 18 heavy (non-hydrogen) atoms. The van der Waals surface area contributed by atoms with Crippen molar-refractivity contribution in [2.75, 3.05) is 6.61 Å². The Labute approximate surface area is 117 Å². The molecule has 2 aromatic heterocycles. The van der Waals surface area contributed by atoms with Crippen molar-refractivity contribution in [1.82, 2.24) is 9.55 Å². The number of fused-ring (bicyclic) bond motifs is 1. The molecule has 0 aromatic carbocycles. The monoisotopic (exact) mass is 326 g/mol. The van der Waals surface area contributed by atoms with Crippen LogP contribution in [0.2, 0.25) is 25.7 Å². The van der Waals surface area contributed by atoms with Crippen LogP contribution in [0.15, 0.2) is 29.0 Å². The third kappa shape index (κ3) is 3.67. The molecular weight excluding hydrogens is 308 g/mol. The molecular formula is C13H19BrN2OSi. The van der Waals surface area contributed by atoms with Crippen molar-refractivity contribution in [1.29, 1.82) is 0 Å². The van der Waals surface area contributed by atoms with Crippen LogP contribution in [0.4, 0.5) is 0 Å². The van der Waals surface area contributed by atoms with Crippen molar-refractivity contribution in [2.24, 2.45) is 0 Å². The summed E-state index contributed by atoms with van der Waals surface area (Å²) < 4.78 is 8.79. The molecule has 0 saturated carbocycles. The van der Waals surface area contributed by atoms with Crippen LogP contribution in [0.25, 0.3) is 11.0 Å². The Kier molecular flexibility index (Phi) is 4.24. The Morgan fingerprint density at radius 3 is 2.89 bits per heavy atom. The molecule has 0 bridgehead atoms. The van der Waals surface area contributed by atoms with E-state index in [0.717, 1.165) is 22.1 Å². The summed E-state index contributed by atoms with van der Waals surface area (Å²) >= 11 is 3.43. The van der Waals surface area contributed by atoms with Crippen LogP contribution in [-0.4, -0.2) is 24.2 Å². The van der Waals surface area contributed by atoms with Gasteiger partial charge in [-0.25, -0.2) is 4.98 Å². The molecule has 3 nitrogen and oxygen atoms in total. The third-order valence-electron chi connectivity index (χ3n) is 2.79. The molecule has 0 aliphatic carbocycles. The maximum Gasteiger partial charge on any atom is 0.141 e. The lowest BCUT2D eigenvalue weighted by Gasteiger charge is -2.15. The van der Waals surface area contributed by atoms with Crippen LogP contribution >= 0.6 is 15.9 Å². The Bertz CT molecular complexity index is 533. The van der Waals surface area contributed by atoms with E-state index in [1.165, 1.54) is 6.04 Å². The Balaban J connectivity index is 1.96. The smallest absolute Gasteiger partial charge is 0.141 e. The molecule has 0 atom stereocenters. The molecule has 0 fully saturated rings. The number of nitrogens with zero attached hydrogens (tertiary/aromatic N) is 2. The molecule has 98 valence electrons. The average molecular weight is 327 g/mol. The summed E-state index contributed by atoms with van der Waals surface area (Å²) in [6.45, 7) is 8.51. The molecule has 0 N–H and O–H groups in total. The van der Waals surface area contributed by atoms with Crippen LogP contribution < -0.4 is 0 Å². The van der Waals surface area contributed by atoms with Gasteiger partial charge < -0.3 is 9.30 Å². The first-order valence-electron chi connectivity index (χ1n) is 6.14. The highest BCUT2D eigenvalue weighted by atomic mass is 79.9. The van der Waals surface area contributed by atoms with E-state index < -0.39 is 8.07 Å². The van der Waals surface area contributed by atoms with Gasteiger partial charge in [-0.3, -0.25) is 0 Å². The second kappa shape index (κ2) is 5.55. The minimum atomic E-state index is -0.996. The fourth-order valence-electron chi connectivity index (χ4n) is 1.70. The lowest BCUT2D eigenvalue weighted by atomic mass is 10.3. The summed E-state index contributed by atoms with van der Waals surface area (Å²) in [5.41, 5.74) is 0.978. The number of rotatable bonds is 5. The third-order valence-corrected chi connectivity index (χ3v) is 4.93. The van der Waals surface area contributed by atoms with Gasteiger partial charge in [-0.15, -0.1) is 0 Å². The van der Waals surface area contributed by atoms with Gasteiger partial charge in [0.2, 0.25) is 0 Å². The van der Waals surface area contributed by atoms with Crippen molar-refractivity contribution < 1.29 is 4.74 Å². The van der Waals surface area contributed by atoms with E-state index in [0.29, 0.717) is 6.73 Å². The molecule has 0 amide bonds. The maximum absolute atomic E-state index is 5.74. The second-order valence-corrected chi connectivity index (χ2v) is 12.2. The van der Waals surface area contributed by atoms with Gasteiger partial charge in [-0.2, -0.15) is 0 Å². The molecule has 0 spiro atoms.